The molecule has 2 aromatic carbocycles. The summed E-state index contributed by atoms with van der Waals surface area (Å²) in [5.74, 6) is -1.09. The highest BCUT2D eigenvalue weighted by Crippen LogP contribution is 2.34. The van der Waals surface area contributed by atoms with Crippen LogP contribution in [-0.4, -0.2) is 38.7 Å². The van der Waals surface area contributed by atoms with Crippen molar-refractivity contribution in [3.05, 3.63) is 76.3 Å². The fourth-order valence-corrected chi connectivity index (χ4v) is 4.64. The SMILES string of the molecule is Cc1cccc(Cn2cc(C=C3SC(=O)N(CC(=O)OC(C)(C)C)C3=O)c3ccccc32)c1. The Balaban J connectivity index is 1.62. The Morgan fingerprint density at radius 3 is 2.58 bits per heavy atom. The van der Waals surface area contributed by atoms with Crippen LogP contribution in [0.4, 0.5) is 4.79 Å². The van der Waals surface area contributed by atoms with Crippen LogP contribution in [0.5, 0.6) is 0 Å². The lowest BCUT2D eigenvalue weighted by atomic mass is 10.1. The van der Waals surface area contributed by atoms with Crippen LogP contribution in [0.15, 0.2) is 59.6 Å². The number of ether oxygens (including phenoxy) is 1. The van der Waals surface area contributed by atoms with Crippen LogP contribution in [0.25, 0.3) is 17.0 Å². The van der Waals surface area contributed by atoms with Gasteiger partial charge < -0.3 is 9.30 Å². The van der Waals surface area contributed by atoms with E-state index in [0.717, 1.165) is 33.1 Å². The highest BCUT2D eigenvalue weighted by molar-refractivity contribution is 8.18. The van der Waals surface area contributed by atoms with E-state index in [1.807, 2.05) is 36.5 Å². The zero-order valence-corrected chi connectivity index (χ0v) is 19.9. The Morgan fingerprint density at radius 2 is 1.85 bits per heavy atom. The molecule has 6 nitrogen and oxygen atoms in total. The van der Waals surface area contributed by atoms with Gasteiger partial charge in [0.25, 0.3) is 11.1 Å². The molecule has 0 aliphatic carbocycles. The number of carbonyl (C=O) groups excluding carboxylic acids is 3. The number of benzene rings is 2. The number of hydrogen-bond donors (Lipinski definition) is 0. The fourth-order valence-electron chi connectivity index (χ4n) is 3.81. The number of fused-ring (bicyclic) bond motifs is 1. The first-order chi connectivity index (χ1) is 15.6. The first-order valence-electron chi connectivity index (χ1n) is 10.7. The number of para-hydroxylation sites is 1. The highest BCUT2D eigenvalue weighted by atomic mass is 32.2. The second kappa shape index (κ2) is 8.90. The molecule has 0 saturated carbocycles. The molecule has 1 saturated heterocycles. The van der Waals surface area contributed by atoms with Gasteiger partial charge in [-0.2, -0.15) is 0 Å². The average molecular weight is 463 g/mol. The van der Waals surface area contributed by atoms with Gasteiger partial charge in [-0.3, -0.25) is 19.3 Å². The van der Waals surface area contributed by atoms with E-state index in [0.29, 0.717) is 11.4 Å². The maximum Gasteiger partial charge on any atom is 0.326 e. The fraction of sp³-hybridized carbons (Fsp3) is 0.269. The van der Waals surface area contributed by atoms with E-state index in [4.69, 9.17) is 4.74 Å². The van der Waals surface area contributed by atoms with Crippen LogP contribution in [0.1, 0.15) is 37.5 Å². The van der Waals surface area contributed by atoms with Crippen LogP contribution >= 0.6 is 11.8 Å². The van der Waals surface area contributed by atoms with Gasteiger partial charge in [0.15, 0.2) is 0 Å². The molecule has 0 atom stereocenters. The minimum Gasteiger partial charge on any atom is -0.459 e. The maximum atomic E-state index is 12.9. The number of imide groups is 1. The van der Waals surface area contributed by atoms with Gasteiger partial charge in [-0.05, 0) is 57.2 Å². The number of thioether (sulfide) groups is 1. The summed E-state index contributed by atoms with van der Waals surface area (Å²) >= 11 is 0.842. The lowest BCUT2D eigenvalue weighted by Crippen LogP contribution is -2.37. The van der Waals surface area contributed by atoms with Crippen molar-refractivity contribution in [1.82, 2.24) is 9.47 Å². The Hall–Kier alpha value is -3.32. The quantitative estimate of drug-likeness (QED) is 0.376. The van der Waals surface area contributed by atoms with Crippen LogP contribution in [0.3, 0.4) is 0 Å². The van der Waals surface area contributed by atoms with E-state index in [-0.39, 0.29) is 0 Å². The van der Waals surface area contributed by atoms with Crippen molar-refractivity contribution in [2.45, 2.75) is 39.8 Å². The molecule has 1 aromatic heterocycles. The normalized spacial score (nSPS) is 15.6. The predicted molar refractivity (Wildman–Crippen MR) is 131 cm³/mol. The van der Waals surface area contributed by atoms with Gasteiger partial charge in [-0.15, -0.1) is 0 Å². The summed E-state index contributed by atoms with van der Waals surface area (Å²) in [6.45, 7) is 7.59. The van der Waals surface area contributed by atoms with E-state index >= 15 is 0 Å². The predicted octanol–water partition coefficient (Wildman–Crippen LogP) is 5.38. The van der Waals surface area contributed by atoms with E-state index in [1.54, 1.807) is 26.8 Å². The summed E-state index contributed by atoms with van der Waals surface area (Å²) < 4.78 is 7.40. The first kappa shape index (κ1) is 22.9. The second-order valence-electron chi connectivity index (χ2n) is 9.07. The van der Waals surface area contributed by atoms with Crippen LogP contribution < -0.4 is 0 Å². The van der Waals surface area contributed by atoms with E-state index in [1.165, 1.54) is 11.1 Å². The molecule has 1 fully saturated rings. The van der Waals surface area contributed by atoms with Gasteiger partial charge in [0.1, 0.15) is 12.1 Å². The topological polar surface area (TPSA) is 68.6 Å². The summed E-state index contributed by atoms with van der Waals surface area (Å²) in [5, 5.41) is 0.518. The molecule has 7 heteroatoms. The van der Waals surface area contributed by atoms with Crippen LogP contribution in [0.2, 0.25) is 0 Å². The van der Waals surface area contributed by atoms with E-state index < -0.39 is 29.3 Å². The van der Waals surface area contributed by atoms with E-state index in [2.05, 4.69) is 29.7 Å². The highest BCUT2D eigenvalue weighted by Gasteiger charge is 2.37. The number of esters is 1. The molecule has 3 aromatic rings. The monoisotopic (exact) mass is 462 g/mol. The molecule has 1 aliphatic rings. The molecule has 170 valence electrons. The standard InChI is InChI=1S/C26H26N2O4S/c1-17-8-7-9-18(12-17)14-27-15-19(20-10-5-6-11-21(20)27)13-22-24(30)28(25(31)33-22)16-23(29)32-26(2,3)4/h5-13,15H,14,16H2,1-4H3. The number of rotatable bonds is 5. The summed E-state index contributed by atoms with van der Waals surface area (Å²) in [6, 6.07) is 16.3. The molecule has 0 N–H and O–H groups in total. The van der Waals surface area contributed by atoms with Gasteiger partial charge >= 0.3 is 5.97 Å². The van der Waals surface area contributed by atoms with Gasteiger partial charge in [0.05, 0.1) is 4.91 Å². The van der Waals surface area contributed by atoms with Crippen molar-refractivity contribution in [2.24, 2.45) is 0 Å². The zero-order valence-electron chi connectivity index (χ0n) is 19.1. The number of aryl methyl sites for hydroxylation is 1. The summed E-state index contributed by atoms with van der Waals surface area (Å²) in [7, 11) is 0. The van der Waals surface area contributed by atoms with Crippen molar-refractivity contribution in [1.29, 1.82) is 0 Å². The van der Waals surface area contributed by atoms with E-state index in [9.17, 15) is 14.4 Å². The summed E-state index contributed by atoms with van der Waals surface area (Å²) in [5.41, 5.74) is 3.58. The molecule has 2 heterocycles. The van der Waals surface area contributed by atoms with Crippen molar-refractivity contribution >= 4 is 45.9 Å². The van der Waals surface area contributed by atoms with Crippen molar-refractivity contribution in [2.75, 3.05) is 6.54 Å². The second-order valence-corrected chi connectivity index (χ2v) is 10.1. The Labute approximate surface area is 197 Å². The largest absolute Gasteiger partial charge is 0.459 e. The minimum atomic E-state index is -0.687. The number of carbonyl (C=O) groups is 3. The number of amides is 2. The molecule has 4 rings (SSSR count). The zero-order chi connectivity index (χ0) is 23.8. The molecule has 0 bridgehead atoms. The first-order valence-corrected chi connectivity index (χ1v) is 11.5. The van der Waals surface area contributed by atoms with Gasteiger partial charge in [-0.25, -0.2) is 0 Å². The molecule has 0 spiro atoms. The summed E-state index contributed by atoms with van der Waals surface area (Å²) in [6.07, 6.45) is 3.73. The molecular formula is C26H26N2O4S. The molecule has 0 unspecified atom stereocenters. The number of hydrogen-bond acceptors (Lipinski definition) is 5. The van der Waals surface area contributed by atoms with Gasteiger partial charge in [-0.1, -0.05) is 48.0 Å². The van der Waals surface area contributed by atoms with Crippen molar-refractivity contribution in [3.8, 4) is 0 Å². The third-order valence-electron chi connectivity index (χ3n) is 5.12. The molecular weight excluding hydrogens is 436 g/mol. The third-order valence-corrected chi connectivity index (χ3v) is 6.03. The minimum absolute atomic E-state index is 0.294. The molecule has 33 heavy (non-hydrogen) atoms. The smallest absolute Gasteiger partial charge is 0.326 e. The van der Waals surface area contributed by atoms with Crippen LogP contribution in [0, 0.1) is 6.92 Å². The molecule has 1 aliphatic heterocycles. The number of aromatic nitrogens is 1. The lowest BCUT2D eigenvalue weighted by Gasteiger charge is -2.21. The summed E-state index contributed by atoms with van der Waals surface area (Å²) in [4.78, 5) is 38.7. The Morgan fingerprint density at radius 1 is 1.09 bits per heavy atom. The maximum absolute atomic E-state index is 12.9. The molecule has 0 radical (unpaired) electrons. The van der Waals surface area contributed by atoms with Gasteiger partial charge in [0, 0.05) is 29.2 Å². The van der Waals surface area contributed by atoms with Gasteiger partial charge in [0.2, 0.25) is 0 Å². The third kappa shape index (κ3) is 5.20. The average Bonchev–Trinajstić information content (AvgIpc) is 3.19. The molecule has 2 amide bonds. The number of nitrogens with zero attached hydrogens (tertiary/aromatic N) is 2. The van der Waals surface area contributed by atoms with Crippen molar-refractivity contribution in [3.63, 3.8) is 0 Å². The Bertz CT molecular complexity index is 1280. The lowest BCUT2D eigenvalue weighted by molar-refractivity contribution is -0.156. The Kier molecular flexibility index (Phi) is 6.17. The van der Waals surface area contributed by atoms with Crippen molar-refractivity contribution < 1.29 is 19.1 Å². The van der Waals surface area contributed by atoms with Crippen LogP contribution in [-0.2, 0) is 20.9 Å².